The first kappa shape index (κ1) is 47.7. The summed E-state index contributed by atoms with van der Waals surface area (Å²) in [6.07, 6.45) is 28.2. The summed E-state index contributed by atoms with van der Waals surface area (Å²) in [4.78, 5) is 30.6. The first-order valence-electron chi connectivity index (χ1n) is 39.8. The molecule has 0 heterocycles. The zero-order valence-corrected chi connectivity index (χ0v) is 56.2. The molecule has 20 atom stereocenters. The molecule has 0 aromatic heterocycles. The van der Waals surface area contributed by atoms with Gasteiger partial charge < -0.3 is 9.47 Å². The molecule has 12 aromatic rings. The molecule has 4 heteroatoms. The zero-order valence-electron chi connectivity index (χ0n) is 56.2. The Hall–Kier alpha value is -9.38. The van der Waals surface area contributed by atoms with Gasteiger partial charge in [-0.25, -0.2) is 0 Å². The molecule has 24 aliphatic carbocycles. The Morgan fingerprint density at radius 2 is 1.26 bits per heavy atom. The van der Waals surface area contributed by atoms with Crippen LogP contribution in [0, 0.1) is 58.7 Å². The lowest BCUT2D eigenvalue weighted by Crippen LogP contribution is -2.45. The lowest BCUT2D eigenvalue weighted by atomic mass is 9.49. The van der Waals surface area contributed by atoms with E-state index < -0.39 is 10.8 Å². The minimum Gasteiger partial charge on any atom is -0.469 e. The Bertz CT molecular complexity index is 7430. The smallest absolute Gasteiger partial charge is 0.318 e. The normalized spacial score (nSPS) is 39.9. The van der Waals surface area contributed by atoms with E-state index >= 15 is 4.79 Å². The Kier molecular flexibility index (Phi) is 6.03. The fourth-order valence-electron chi connectivity index (χ4n) is 36.6. The molecule has 474 valence electrons. The number of rotatable bonds is 7. The van der Waals surface area contributed by atoms with Crippen molar-refractivity contribution in [3.8, 4) is 0 Å². The van der Waals surface area contributed by atoms with Crippen LogP contribution in [0.1, 0.15) is 193 Å². The van der Waals surface area contributed by atoms with Crippen molar-refractivity contribution in [2.75, 3.05) is 14.2 Å². The van der Waals surface area contributed by atoms with Gasteiger partial charge in [0, 0.05) is 81.3 Å². The summed E-state index contributed by atoms with van der Waals surface area (Å²) in [6, 6.07) is 26.0. The van der Waals surface area contributed by atoms with Gasteiger partial charge in [0.25, 0.3) is 0 Å². The molecule has 0 bridgehead atoms. The van der Waals surface area contributed by atoms with E-state index in [0.29, 0.717) is 65.6 Å². The Labute approximate surface area is 582 Å². The van der Waals surface area contributed by atoms with Gasteiger partial charge in [0.05, 0.1) is 14.2 Å². The van der Waals surface area contributed by atoms with Gasteiger partial charge in [0.15, 0.2) is 0 Å². The third-order valence-electron chi connectivity index (χ3n) is 37.3. The van der Waals surface area contributed by atoms with E-state index in [-0.39, 0.29) is 57.8 Å². The van der Waals surface area contributed by atoms with E-state index in [9.17, 15) is 4.79 Å². The Morgan fingerprint density at radius 3 is 2.13 bits per heavy atom. The Morgan fingerprint density at radius 1 is 0.520 bits per heavy atom. The molecular weight excluding hydrogens is 1240 g/mol. The molecule has 102 heavy (non-hydrogen) atoms. The molecule has 24 aliphatic rings. The van der Waals surface area contributed by atoms with E-state index in [1.807, 2.05) is 5.57 Å². The molecule has 5 fully saturated rings. The van der Waals surface area contributed by atoms with Crippen molar-refractivity contribution in [3.63, 3.8) is 0 Å². The lowest BCUT2D eigenvalue weighted by Gasteiger charge is -2.54. The van der Waals surface area contributed by atoms with Gasteiger partial charge in [0.2, 0.25) is 0 Å². The third kappa shape index (κ3) is 3.55. The summed E-state index contributed by atoms with van der Waals surface area (Å²) >= 11 is 0. The highest BCUT2D eigenvalue weighted by Crippen LogP contribution is 2.91. The lowest BCUT2D eigenvalue weighted by molar-refractivity contribution is -0.144. The van der Waals surface area contributed by atoms with Gasteiger partial charge in [-0.1, -0.05) is 103 Å². The van der Waals surface area contributed by atoms with Crippen LogP contribution in [-0.2, 0) is 53.6 Å². The number of fused-ring (bicyclic) bond motifs is 2. The molecule has 5 saturated carbocycles. The number of ether oxygens (including phenoxy) is 2. The van der Waals surface area contributed by atoms with Crippen LogP contribution in [-0.4, -0.2) is 26.2 Å². The molecule has 36 rings (SSSR count). The fraction of sp³-hybridized carbons (Fsp3) is 0.327. The van der Waals surface area contributed by atoms with Crippen LogP contribution in [0.3, 0.4) is 0 Å². The van der Waals surface area contributed by atoms with Crippen LogP contribution in [0.25, 0.3) is 131 Å². The summed E-state index contributed by atoms with van der Waals surface area (Å²) in [5, 5.41) is 30.1. The van der Waals surface area contributed by atoms with Crippen molar-refractivity contribution in [1.82, 2.24) is 0 Å². The van der Waals surface area contributed by atoms with Gasteiger partial charge in [-0.2, -0.15) is 0 Å². The number of esters is 2. The van der Waals surface area contributed by atoms with Crippen LogP contribution in [0.4, 0.5) is 0 Å². The number of methoxy groups -OCH3 is 2. The minimum absolute atomic E-state index is 0.0474. The van der Waals surface area contributed by atoms with Crippen molar-refractivity contribution in [3.05, 3.63) is 230 Å². The van der Waals surface area contributed by atoms with Gasteiger partial charge in [-0.05, 0) is 351 Å². The van der Waals surface area contributed by atoms with Crippen molar-refractivity contribution in [2.45, 2.75) is 121 Å². The maximum Gasteiger partial charge on any atom is 0.318 e. The highest BCUT2D eigenvalue weighted by molar-refractivity contribution is 6.48. The van der Waals surface area contributed by atoms with E-state index in [1.165, 1.54) is 42.4 Å². The summed E-state index contributed by atoms with van der Waals surface area (Å²) in [5.74, 6) is 5.17. The van der Waals surface area contributed by atoms with E-state index in [1.54, 1.807) is 244 Å². The predicted molar refractivity (Wildman–Crippen MR) is 396 cm³/mol. The fourth-order valence-corrected chi connectivity index (χ4v) is 36.6. The monoisotopic (exact) mass is 1300 g/mol. The molecule has 0 amide bonds. The van der Waals surface area contributed by atoms with Gasteiger partial charge in [0.1, 0.15) is 5.41 Å². The summed E-state index contributed by atoms with van der Waals surface area (Å²) in [5.41, 5.74) is 46.2. The largest absolute Gasteiger partial charge is 0.469 e. The second-order valence-corrected chi connectivity index (χ2v) is 38.5. The second-order valence-electron chi connectivity index (χ2n) is 38.5. The van der Waals surface area contributed by atoms with E-state index in [4.69, 9.17) is 9.47 Å². The minimum atomic E-state index is -0.903. The topological polar surface area (TPSA) is 52.6 Å². The summed E-state index contributed by atoms with van der Waals surface area (Å²) < 4.78 is 12.3. The van der Waals surface area contributed by atoms with Gasteiger partial charge >= 0.3 is 11.9 Å². The summed E-state index contributed by atoms with van der Waals surface area (Å²) in [6.45, 7) is 0. The van der Waals surface area contributed by atoms with E-state index in [0.717, 1.165) is 37.7 Å². The zero-order chi connectivity index (χ0) is 64.0. The molecule has 12 aromatic carbocycles. The first-order valence-corrected chi connectivity index (χ1v) is 39.8. The molecule has 20 unspecified atom stereocenters. The maximum absolute atomic E-state index is 16.3. The highest BCUT2D eigenvalue weighted by atomic mass is 16.5. The van der Waals surface area contributed by atoms with E-state index in [2.05, 4.69) is 103 Å². The third-order valence-corrected chi connectivity index (χ3v) is 37.3. The number of hydrogen-bond acceptors (Lipinski definition) is 4. The number of carbonyl (C=O) groups excluding carboxylic acids is 2. The van der Waals surface area contributed by atoms with Gasteiger partial charge in [-0.15, -0.1) is 0 Å². The van der Waals surface area contributed by atoms with Crippen LogP contribution < -0.4 is 10.4 Å². The average Bonchev–Trinajstić information content (AvgIpc) is 1.41. The van der Waals surface area contributed by atoms with Crippen LogP contribution in [0.15, 0.2) is 114 Å². The second kappa shape index (κ2) is 12.9. The first-order chi connectivity index (χ1) is 50.3. The molecule has 0 radical (unpaired) electrons. The molecular formula is C98H58O4. The van der Waals surface area contributed by atoms with Crippen LogP contribution >= 0.6 is 0 Å². The number of carbonyl (C=O) groups is 2. The van der Waals surface area contributed by atoms with Crippen LogP contribution in [0.5, 0.6) is 0 Å². The maximum atomic E-state index is 16.3. The van der Waals surface area contributed by atoms with Crippen molar-refractivity contribution in [2.24, 2.45) is 58.7 Å². The molecule has 0 N–H and O–H groups in total. The van der Waals surface area contributed by atoms with Crippen molar-refractivity contribution in [1.29, 1.82) is 0 Å². The molecule has 2 spiro atoms. The number of allylic oxidation sites excluding steroid dienone is 14. The van der Waals surface area contributed by atoms with Crippen molar-refractivity contribution < 1.29 is 19.1 Å². The van der Waals surface area contributed by atoms with Crippen molar-refractivity contribution >= 4 is 143 Å². The quantitative estimate of drug-likeness (QED) is 0.118. The number of hydrogen-bond donors (Lipinski definition) is 0. The molecule has 4 nitrogen and oxygen atoms in total. The summed E-state index contributed by atoms with van der Waals surface area (Å²) in [7, 11) is 3.34. The van der Waals surface area contributed by atoms with Gasteiger partial charge in [-0.3, -0.25) is 9.59 Å². The average molecular weight is 1300 g/mol. The molecule has 0 saturated heterocycles. The highest BCUT2D eigenvalue weighted by Gasteiger charge is 2.88. The molecule has 0 aliphatic heterocycles. The SMILES string of the molecule is COC(=O)CCC1(c2ccccc2)C2C3=CC4C5=c6c3c3c7c8c9c%10c%11c%12c%13c%14c(cc%15c%16c(c(c6c3%10)c%11c%14%16)C5C(C%15)C4C34C=C5CC6C=C%10CC%11CC%14C=C%15c%16c%17c%18c%19c(c%10c%10c%19c%19c%20c(c%21c(c%16c%20%18)C%16(C=C%21C3)C%15C%16(C(=O)OC)c3ccccc3)C4C%19=C5C%106)C%11C=%17%14)CC%13=CC(CC8CC721)C9%12. The van der Waals surface area contributed by atoms with Crippen LogP contribution in [0.2, 0.25) is 0 Å². The predicted octanol–water partition coefficient (Wildman–Crippen LogP) is 17.9. The Balaban J connectivity index is 0.723. The number of benzene rings is 8. The standard InChI is InChI=1S/C98H58O4/c1-101-47(99)13-14-95(41-9-5-3-6-10-41)91-46-25-44-60-59-43(23-36-19-31-15-30-17-35-22-39-28-96(91,95)89-57(39)67-54(35)64-48(30)49(31)65-55(36)69(59)76-72(65)71(64)75(67)79-78(76)70(60)62(46)85(79)89)87(44)94-26-38-21-34-18-33-16-32-20-37-24-45-61-68-52(37)50(32)63-53(33)66-51(34)56(38)83-80-74(66)73(63)77(68)81-82(80)84(88(83)94)58-40(27-94)29-97(90(58)86(61)81)92(45)98(97,93(100)102-2)42-11-7-4-8-12-42/h3-12,17-19,24-26,29,32,34-35,37,39,43-44,50-51,54,59,87-88,91-92H,13-16,20-23,27-28H2,1-2H3.